The van der Waals surface area contributed by atoms with E-state index in [1.807, 2.05) is 57.1 Å². The number of carbonyl (C=O) groups excluding carboxylic acids is 1. The fourth-order valence-corrected chi connectivity index (χ4v) is 4.09. The second kappa shape index (κ2) is 6.33. The van der Waals surface area contributed by atoms with Crippen LogP contribution in [0.5, 0.6) is 0 Å². The fraction of sp³-hybridized carbons (Fsp3) is 0.211. The Kier molecular flexibility index (Phi) is 3.80. The zero-order valence-corrected chi connectivity index (χ0v) is 15.2. The van der Waals surface area contributed by atoms with Gasteiger partial charge < -0.3 is 10.0 Å². The van der Waals surface area contributed by atoms with Gasteiger partial charge in [-0.1, -0.05) is 30.3 Å². The minimum atomic E-state index is -0.770. The van der Waals surface area contributed by atoms with Gasteiger partial charge >= 0.3 is 0 Å². The number of imidazole rings is 1. The van der Waals surface area contributed by atoms with Crippen molar-refractivity contribution in [1.29, 1.82) is 0 Å². The van der Waals surface area contributed by atoms with Gasteiger partial charge in [-0.15, -0.1) is 11.3 Å². The number of hydrogen-bond acceptors (Lipinski definition) is 5. The van der Waals surface area contributed by atoms with Crippen LogP contribution in [0.4, 0.5) is 0 Å². The van der Waals surface area contributed by atoms with Gasteiger partial charge in [-0.2, -0.15) is 5.10 Å². The number of aliphatic hydroxyl groups excluding tert-OH is 1. The molecule has 0 unspecified atom stereocenters. The quantitative estimate of drug-likeness (QED) is 0.593. The van der Waals surface area contributed by atoms with Crippen LogP contribution in [0.2, 0.25) is 0 Å². The number of nitrogens with zero attached hydrogens (tertiary/aromatic N) is 5. The van der Waals surface area contributed by atoms with E-state index in [1.165, 1.54) is 11.3 Å². The first-order valence-electron chi connectivity index (χ1n) is 8.70. The summed E-state index contributed by atoms with van der Waals surface area (Å²) in [4.78, 5) is 19.8. The molecule has 1 aliphatic heterocycles. The number of hydrogen-bond donors (Lipinski definition) is 1. The van der Waals surface area contributed by atoms with Gasteiger partial charge in [0.25, 0.3) is 5.91 Å². The highest BCUT2D eigenvalue weighted by atomic mass is 32.1. The molecule has 4 heterocycles. The van der Waals surface area contributed by atoms with Gasteiger partial charge in [-0.3, -0.25) is 13.9 Å². The van der Waals surface area contributed by atoms with Crippen LogP contribution in [-0.2, 0) is 13.1 Å². The fourth-order valence-electron chi connectivity index (χ4n) is 3.39. The highest BCUT2D eigenvalue weighted by molar-refractivity contribution is 7.15. The summed E-state index contributed by atoms with van der Waals surface area (Å²) in [7, 11) is 0. The van der Waals surface area contributed by atoms with Gasteiger partial charge in [0.15, 0.2) is 4.96 Å². The molecule has 0 fully saturated rings. The third-order valence-corrected chi connectivity index (χ3v) is 5.58. The zero-order valence-electron chi connectivity index (χ0n) is 14.4. The molecule has 8 heteroatoms. The highest BCUT2D eigenvalue weighted by Gasteiger charge is 2.26. The molecule has 0 spiro atoms. The molecule has 1 aromatic carbocycles. The lowest BCUT2D eigenvalue weighted by Crippen LogP contribution is -2.38. The molecule has 3 aromatic heterocycles. The Bertz CT molecular complexity index is 1090. The molecule has 4 aromatic rings. The Morgan fingerprint density at radius 1 is 1.22 bits per heavy atom. The van der Waals surface area contributed by atoms with E-state index in [9.17, 15) is 9.90 Å². The molecule has 0 saturated carbocycles. The molecule has 0 saturated heterocycles. The maximum Gasteiger partial charge on any atom is 0.274 e. The summed E-state index contributed by atoms with van der Waals surface area (Å²) in [5, 5.41) is 17.1. The maximum absolute atomic E-state index is 12.8. The van der Waals surface area contributed by atoms with E-state index in [4.69, 9.17) is 0 Å². The lowest BCUT2D eigenvalue weighted by Gasteiger charge is -2.26. The summed E-state index contributed by atoms with van der Waals surface area (Å²) in [5.74, 6) is -0.0801. The van der Waals surface area contributed by atoms with Gasteiger partial charge in [0.05, 0.1) is 24.5 Å². The number of carbonyl (C=O) groups is 1. The number of benzene rings is 1. The van der Waals surface area contributed by atoms with E-state index in [1.54, 1.807) is 11.1 Å². The topological polar surface area (TPSA) is 75.7 Å². The van der Waals surface area contributed by atoms with E-state index >= 15 is 0 Å². The Balaban J connectivity index is 1.37. The van der Waals surface area contributed by atoms with Crippen LogP contribution in [0.25, 0.3) is 4.96 Å². The third-order valence-electron chi connectivity index (χ3n) is 4.81. The molecular formula is C19H17N5O2S. The first kappa shape index (κ1) is 16.2. The second-order valence-corrected chi connectivity index (χ2v) is 7.42. The normalized spacial score (nSPS) is 15.1. The van der Waals surface area contributed by atoms with Crippen molar-refractivity contribution in [3.63, 3.8) is 0 Å². The van der Waals surface area contributed by atoms with Crippen molar-refractivity contribution in [2.75, 3.05) is 6.54 Å². The number of aliphatic hydroxyl groups is 1. The summed E-state index contributed by atoms with van der Waals surface area (Å²) in [6.45, 7) is 1.63. The highest BCUT2D eigenvalue weighted by Crippen LogP contribution is 2.24. The first-order chi connectivity index (χ1) is 13.2. The first-order valence-corrected chi connectivity index (χ1v) is 9.58. The van der Waals surface area contributed by atoms with Crippen molar-refractivity contribution >= 4 is 22.2 Å². The number of fused-ring (bicyclic) bond motifs is 2. The van der Waals surface area contributed by atoms with E-state index in [2.05, 4.69) is 10.1 Å². The largest absolute Gasteiger partial charge is 0.382 e. The second-order valence-electron chi connectivity index (χ2n) is 6.54. The van der Waals surface area contributed by atoms with E-state index in [0.29, 0.717) is 31.0 Å². The van der Waals surface area contributed by atoms with Crippen molar-refractivity contribution in [2.24, 2.45) is 0 Å². The molecule has 7 nitrogen and oxygen atoms in total. The molecule has 0 radical (unpaired) electrons. The van der Waals surface area contributed by atoms with Crippen LogP contribution in [0.3, 0.4) is 0 Å². The molecule has 0 bridgehead atoms. The number of rotatable bonds is 3. The van der Waals surface area contributed by atoms with E-state index in [0.717, 1.165) is 16.2 Å². The molecule has 136 valence electrons. The monoisotopic (exact) mass is 379 g/mol. The van der Waals surface area contributed by atoms with Crippen molar-refractivity contribution in [2.45, 2.75) is 19.2 Å². The minimum Gasteiger partial charge on any atom is -0.382 e. The van der Waals surface area contributed by atoms with Gasteiger partial charge in [-0.05, 0) is 11.6 Å². The molecule has 1 amide bonds. The average Bonchev–Trinajstić information content (AvgIpc) is 3.41. The maximum atomic E-state index is 12.8. The summed E-state index contributed by atoms with van der Waals surface area (Å²) < 4.78 is 3.73. The lowest BCUT2D eigenvalue weighted by atomic mass is 10.1. The van der Waals surface area contributed by atoms with Gasteiger partial charge in [-0.25, -0.2) is 4.98 Å². The average molecular weight is 379 g/mol. The molecule has 1 N–H and O–H groups in total. The summed E-state index contributed by atoms with van der Waals surface area (Å²) in [5.41, 5.74) is 2.78. The third kappa shape index (κ3) is 2.83. The summed E-state index contributed by atoms with van der Waals surface area (Å²) >= 11 is 1.50. The molecule has 1 aliphatic rings. The smallest absolute Gasteiger partial charge is 0.274 e. The predicted molar refractivity (Wildman–Crippen MR) is 101 cm³/mol. The van der Waals surface area contributed by atoms with Crippen LogP contribution in [-0.4, -0.2) is 41.6 Å². The number of thiazole rings is 1. The van der Waals surface area contributed by atoms with Gasteiger partial charge in [0.2, 0.25) is 0 Å². The predicted octanol–water partition coefficient (Wildman–Crippen LogP) is 2.33. The Morgan fingerprint density at radius 2 is 2.07 bits per heavy atom. The Hall–Kier alpha value is -2.97. The van der Waals surface area contributed by atoms with Crippen LogP contribution < -0.4 is 0 Å². The molecule has 0 aliphatic carbocycles. The van der Waals surface area contributed by atoms with E-state index in [-0.39, 0.29) is 5.91 Å². The Labute approximate surface area is 159 Å². The molecule has 5 rings (SSSR count). The summed E-state index contributed by atoms with van der Waals surface area (Å²) in [6, 6.07) is 11.3. The van der Waals surface area contributed by atoms with Crippen LogP contribution >= 0.6 is 11.3 Å². The minimum absolute atomic E-state index is 0.0801. The van der Waals surface area contributed by atoms with E-state index < -0.39 is 6.10 Å². The van der Waals surface area contributed by atoms with Crippen molar-refractivity contribution in [3.05, 3.63) is 76.8 Å². The van der Waals surface area contributed by atoms with Crippen molar-refractivity contribution < 1.29 is 9.90 Å². The standard InChI is InChI=1S/C19H17N5O2S/c25-17(13-4-2-1-3-5-13)15-10-14-11-22(6-7-24(14)21-15)18(26)16-12-23-8-9-27-19(23)20-16/h1-5,8-10,12,17,25H,6-7,11H2/t17-/m1/s1. The van der Waals surface area contributed by atoms with Crippen molar-refractivity contribution in [3.8, 4) is 0 Å². The molecule has 27 heavy (non-hydrogen) atoms. The van der Waals surface area contributed by atoms with Crippen LogP contribution in [0.15, 0.2) is 54.2 Å². The van der Waals surface area contributed by atoms with Gasteiger partial charge in [0, 0.05) is 24.3 Å². The Morgan fingerprint density at radius 3 is 2.89 bits per heavy atom. The SMILES string of the molecule is O=C(c1cn2ccsc2n1)N1CCn2nc([C@H](O)c3ccccc3)cc2C1. The molecular weight excluding hydrogens is 362 g/mol. The number of aromatic nitrogens is 4. The molecule has 1 atom stereocenters. The van der Waals surface area contributed by atoms with Crippen molar-refractivity contribution in [1.82, 2.24) is 24.1 Å². The van der Waals surface area contributed by atoms with Gasteiger partial charge in [0.1, 0.15) is 11.8 Å². The van der Waals surface area contributed by atoms with Crippen LogP contribution in [0, 0.1) is 0 Å². The lowest BCUT2D eigenvalue weighted by molar-refractivity contribution is 0.0700. The van der Waals surface area contributed by atoms with Crippen LogP contribution in [0.1, 0.15) is 33.5 Å². The number of amides is 1. The summed E-state index contributed by atoms with van der Waals surface area (Å²) in [6.07, 6.45) is 2.89. The zero-order chi connectivity index (χ0) is 18.4.